The molecule has 1 atom stereocenters. The highest BCUT2D eigenvalue weighted by molar-refractivity contribution is 5.96. The van der Waals surface area contributed by atoms with Crippen molar-refractivity contribution in [3.8, 4) is 0 Å². The fourth-order valence-electron chi connectivity index (χ4n) is 1.75. The molecule has 2 rings (SSSR count). The molecular formula is C13H20N4O3. The van der Waals surface area contributed by atoms with Crippen LogP contribution >= 0.6 is 0 Å². The molecule has 110 valence electrons. The van der Waals surface area contributed by atoms with Crippen molar-refractivity contribution in [2.45, 2.75) is 45.3 Å². The van der Waals surface area contributed by atoms with Gasteiger partial charge < -0.3 is 9.84 Å². The first-order chi connectivity index (χ1) is 9.45. The Hall–Kier alpha value is -1.89. The van der Waals surface area contributed by atoms with E-state index in [2.05, 4.69) is 15.8 Å². The zero-order valence-corrected chi connectivity index (χ0v) is 12.0. The number of nitrogens with zero attached hydrogens (tertiary/aromatic N) is 2. The maximum atomic E-state index is 11.9. The standard InChI is InChI=1S/C13H20N4O3/c1-8-6-11(16-20-8)7-17(3)9(2)12(18)15-13(19)14-10-4-5-10/h6,9-10H,4-5,7H2,1-3H3,(H2,14,15,18,19). The van der Waals surface area contributed by atoms with E-state index in [1.165, 1.54) is 0 Å². The molecule has 1 aliphatic rings. The second-order valence-corrected chi connectivity index (χ2v) is 5.26. The van der Waals surface area contributed by atoms with Gasteiger partial charge in [-0.1, -0.05) is 5.16 Å². The van der Waals surface area contributed by atoms with Crippen molar-refractivity contribution in [2.75, 3.05) is 7.05 Å². The molecule has 0 aliphatic heterocycles. The summed E-state index contributed by atoms with van der Waals surface area (Å²) in [6.07, 6.45) is 1.98. The van der Waals surface area contributed by atoms with Gasteiger partial charge >= 0.3 is 6.03 Å². The molecule has 0 saturated heterocycles. The van der Waals surface area contributed by atoms with Gasteiger partial charge in [-0.05, 0) is 33.7 Å². The van der Waals surface area contributed by atoms with Gasteiger partial charge in [-0.2, -0.15) is 0 Å². The van der Waals surface area contributed by atoms with Gasteiger partial charge in [0, 0.05) is 18.7 Å². The highest BCUT2D eigenvalue weighted by Gasteiger charge is 2.26. The van der Waals surface area contributed by atoms with Gasteiger partial charge in [0.15, 0.2) is 0 Å². The third-order valence-electron chi connectivity index (χ3n) is 3.28. The number of hydrogen-bond donors (Lipinski definition) is 2. The van der Waals surface area contributed by atoms with E-state index in [1.807, 2.05) is 13.0 Å². The van der Waals surface area contributed by atoms with Gasteiger partial charge in [0.25, 0.3) is 0 Å². The average molecular weight is 280 g/mol. The summed E-state index contributed by atoms with van der Waals surface area (Å²) >= 11 is 0. The summed E-state index contributed by atoms with van der Waals surface area (Å²) in [6, 6.07) is 1.20. The summed E-state index contributed by atoms with van der Waals surface area (Å²) in [6.45, 7) is 4.04. The number of rotatable bonds is 5. The Labute approximate surface area is 117 Å². The summed E-state index contributed by atoms with van der Waals surface area (Å²) in [5.74, 6) is 0.403. The normalized spacial score (nSPS) is 16.0. The quantitative estimate of drug-likeness (QED) is 0.832. The highest BCUT2D eigenvalue weighted by atomic mass is 16.5. The third kappa shape index (κ3) is 4.06. The first-order valence-corrected chi connectivity index (χ1v) is 6.69. The molecule has 1 aromatic heterocycles. The lowest BCUT2D eigenvalue weighted by molar-refractivity contribution is -0.124. The number of imide groups is 1. The summed E-state index contributed by atoms with van der Waals surface area (Å²) in [5, 5.41) is 8.94. The van der Waals surface area contributed by atoms with E-state index in [1.54, 1.807) is 18.9 Å². The molecule has 1 fully saturated rings. The number of urea groups is 1. The van der Waals surface area contributed by atoms with Crippen LogP contribution in [0.15, 0.2) is 10.6 Å². The number of nitrogens with one attached hydrogen (secondary N) is 2. The summed E-state index contributed by atoms with van der Waals surface area (Å²) in [4.78, 5) is 25.2. The van der Waals surface area contributed by atoms with Crippen LogP contribution in [0.4, 0.5) is 4.79 Å². The molecule has 0 spiro atoms. The van der Waals surface area contributed by atoms with Crippen LogP contribution in [0.5, 0.6) is 0 Å². The van der Waals surface area contributed by atoms with Crippen molar-refractivity contribution < 1.29 is 14.1 Å². The Morgan fingerprint density at radius 1 is 1.55 bits per heavy atom. The van der Waals surface area contributed by atoms with Gasteiger partial charge in [0.2, 0.25) is 5.91 Å². The van der Waals surface area contributed by atoms with Gasteiger partial charge in [0.1, 0.15) is 5.76 Å². The first-order valence-electron chi connectivity index (χ1n) is 6.69. The summed E-state index contributed by atoms with van der Waals surface area (Å²) < 4.78 is 4.98. The van der Waals surface area contributed by atoms with Gasteiger partial charge in [0.05, 0.1) is 11.7 Å². The molecule has 20 heavy (non-hydrogen) atoms. The van der Waals surface area contributed by atoms with Crippen molar-refractivity contribution >= 4 is 11.9 Å². The Balaban J connectivity index is 1.80. The van der Waals surface area contributed by atoms with Crippen molar-refractivity contribution in [3.05, 3.63) is 17.5 Å². The lowest BCUT2D eigenvalue weighted by atomic mass is 10.2. The first kappa shape index (κ1) is 14.5. The fourth-order valence-corrected chi connectivity index (χ4v) is 1.75. The Morgan fingerprint density at radius 3 is 2.80 bits per heavy atom. The number of carbonyl (C=O) groups excluding carboxylic acids is 2. The van der Waals surface area contributed by atoms with E-state index in [9.17, 15) is 9.59 Å². The highest BCUT2D eigenvalue weighted by Crippen LogP contribution is 2.18. The predicted octanol–water partition coefficient (Wildman–Crippen LogP) is 0.792. The SMILES string of the molecule is Cc1cc(CN(C)C(C)C(=O)NC(=O)NC2CC2)no1. The topological polar surface area (TPSA) is 87.5 Å². The van der Waals surface area contributed by atoms with Crippen LogP contribution in [0.25, 0.3) is 0 Å². The average Bonchev–Trinajstić information content (AvgIpc) is 3.09. The second-order valence-electron chi connectivity index (χ2n) is 5.26. The van der Waals surface area contributed by atoms with Crippen molar-refractivity contribution in [1.29, 1.82) is 0 Å². The lowest BCUT2D eigenvalue weighted by Gasteiger charge is -2.22. The number of amides is 3. The maximum absolute atomic E-state index is 11.9. The number of hydrogen-bond acceptors (Lipinski definition) is 5. The minimum Gasteiger partial charge on any atom is -0.361 e. The van der Waals surface area contributed by atoms with E-state index < -0.39 is 12.1 Å². The fraction of sp³-hybridized carbons (Fsp3) is 0.615. The van der Waals surface area contributed by atoms with Crippen LogP contribution in [0.3, 0.4) is 0 Å². The molecule has 1 saturated carbocycles. The van der Waals surface area contributed by atoms with E-state index in [0.29, 0.717) is 6.54 Å². The van der Waals surface area contributed by atoms with Crippen LogP contribution in [0.1, 0.15) is 31.2 Å². The minimum atomic E-state index is -0.433. The van der Waals surface area contributed by atoms with Gasteiger partial charge in [-0.3, -0.25) is 15.0 Å². The molecule has 1 heterocycles. The Kier molecular flexibility index (Phi) is 4.39. The lowest BCUT2D eigenvalue weighted by Crippen LogP contribution is -2.48. The zero-order chi connectivity index (χ0) is 14.7. The molecule has 0 bridgehead atoms. The number of likely N-dealkylation sites (N-methyl/N-ethyl adjacent to an activating group) is 1. The number of aromatic nitrogens is 1. The van der Waals surface area contributed by atoms with Crippen molar-refractivity contribution in [1.82, 2.24) is 20.7 Å². The van der Waals surface area contributed by atoms with E-state index in [0.717, 1.165) is 24.3 Å². The van der Waals surface area contributed by atoms with Crippen molar-refractivity contribution in [2.24, 2.45) is 0 Å². The molecule has 0 radical (unpaired) electrons. The molecule has 1 aromatic rings. The molecule has 7 nitrogen and oxygen atoms in total. The smallest absolute Gasteiger partial charge is 0.321 e. The van der Waals surface area contributed by atoms with E-state index in [4.69, 9.17) is 4.52 Å². The minimum absolute atomic E-state index is 0.231. The largest absolute Gasteiger partial charge is 0.361 e. The molecule has 7 heteroatoms. The van der Waals surface area contributed by atoms with Crippen LogP contribution in [-0.4, -0.2) is 41.1 Å². The van der Waals surface area contributed by atoms with Crippen LogP contribution in [0, 0.1) is 6.92 Å². The molecule has 1 aliphatic carbocycles. The second kappa shape index (κ2) is 6.04. The third-order valence-corrected chi connectivity index (χ3v) is 3.28. The van der Waals surface area contributed by atoms with Crippen LogP contribution < -0.4 is 10.6 Å². The van der Waals surface area contributed by atoms with Crippen LogP contribution in [-0.2, 0) is 11.3 Å². The molecule has 0 aromatic carbocycles. The molecule has 3 amide bonds. The zero-order valence-electron chi connectivity index (χ0n) is 12.0. The molecular weight excluding hydrogens is 260 g/mol. The number of carbonyl (C=O) groups is 2. The van der Waals surface area contributed by atoms with Gasteiger partial charge in [-0.25, -0.2) is 4.79 Å². The summed E-state index contributed by atoms with van der Waals surface area (Å²) in [5.41, 5.74) is 0.757. The van der Waals surface area contributed by atoms with Crippen molar-refractivity contribution in [3.63, 3.8) is 0 Å². The maximum Gasteiger partial charge on any atom is 0.321 e. The monoisotopic (exact) mass is 280 g/mol. The van der Waals surface area contributed by atoms with E-state index in [-0.39, 0.29) is 11.9 Å². The number of aryl methyl sites for hydroxylation is 1. The summed E-state index contributed by atoms with van der Waals surface area (Å²) in [7, 11) is 1.80. The van der Waals surface area contributed by atoms with Crippen LogP contribution in [0.2, 0.25) is 0 Å². The molecule has 1 unspecified atom stereocenters. The Bertz CT molecular complexity index is 496. The molecule has 2 N–H and O–H groups in total. The van der Waals surface area contributed by atoms with E-state index >= 15 is 0 Å². The predicted molar refractivity (Wildman–Crippen MR) is 71.9 cm³/mol. The Morgan fingerprint density at radius 2 is 2.25 bits per heavy atom. The van der Waals surface area contributed by atoms with Gasteiger partial charge in [-0.15, -0.1) is 0 Å².